The van der Waals surface area contributed by atoms with Gasteiger partial charge in [0, 0.05) is 18.2 Å². The van der Waals surface area contributed by atoms with Crippen molar-refractivity contribution >= 4 is 23.0 Å². The lowest BCUT2D eigenvalue weighted by Crippen LogP contribution is -2.30. The van der Waals surface area contributed by atoms with E-state index in [4.69, 9.17) is 15.3 Å². The number of hydrogen-bond acceptors (Lipinski definition) is 5. The minimum atomic E-state index is -1.30. The van der Waals surface area contributed by atoms with Crippen LogP contribution in [0, 0.1) is 0 Å². The maximum atomic E-state index is 13.8. The Hall–Kier alpha value is -3.29. The van der Waals surface area contributed by atoms with Gasteiger partial charge in [-0.1, -0.05) is 6.07 Å². The summed E-state index contributed by atoms with van der Waals surface area (Å²) in [6.45, 7) is 0. The molecular weight excluding hydrogens is 329 g/mol. The Kier molecular flexibility index (Phi) is 3.11. The quantitative estimate of drug-likeness (QED) is 0.749. The lowest BCUT2D eigenvalue weighted by molar-refractivity contribution is -0.120. The van der Waals surface area contributed by atoms with Crippen molar-refractivity contribution in [2.45, 2.75) is 18.0 Å². The van der Waals surface area contributed by atoms with Gasteiger partial charge in [0.15, 0.2) is 5.58 Å². The van der Waals surface area contributed by atoms with Crippen LogP contribution in [0.3, 0.4) is 0 Å². The molecule has 7 nitrogen and oxygen atoms in total. The molecule has 0 radical (unpaired) electrons. The van der Waals surface area contributed by atoms with Crippen molar-refractivity contribution in [3.63, 3.8) is 0 Å². The first-order chi connectivity index (χ1) is 11.9. The summed E-state index contributed by atoms with van der Waals surface area (Å²) in [4.78, 5) is 30.7. The van der Waals surface area contributed by atoms with E-state index < -0.39 is 23.5 Å². The average Bonchev–Trinajstić information content (AvgIpc) is 3.11. The molecule has 1 aliphatic rings. The number of nitrogens with two attached hydrogens (primary N) is 1. The summed E-state index contributed by atoms with van der Waals surface area (Å²) in [5.74, 6) is -1.66. The highest BCUT2D eigenvalue weighted by Crippen LogP contribution is 2.51. The fourth-order valence-corrected chi connectivity index (χ4v) is 2.93. The van der Waals surface area contributed by atoms with Gasteiger partial charge in [-0.2, -0.15) is 0 Å². The van der Waals surface area contributed by atoms with Gasteiger partial charge in [-0.25, -0.2) is 19.2 Å². The van der Waals surface area contributed by atoms with Crippen molar-refractivity contribution in [2.75, 3.05) is 0 Å². The number of nitrogens with zero attached hydrogens (tertiary/aromatic N) is 2. The lowest BCUT2D eigenvalue weighted by Gasteiger charge is -2.10. The van der Waals surface area contributed by atoms with E-state index in [2.05, 4.69) is 9.97 Å². The van der Waals surface area contributed by atoms with E-state index >= 15 is 0 Å². The highest BCUT2D eigenvalue weighted by atomic mass is 19.1. The Labute approximate surface area is 140 Å². The molecule has 0 unspecified atom stereocenters. The molecule has 8 heteroatoms. The fraction of sp³-hybridized carbons (Fsp3) is 0.176. The van der Waals surface area contributed by atoms with Gasteiger partial charge in [-0.15, -0.1) is 0 Å². The van der Waals surface area contributed by atoms with Crippen LogP contribution in [-0.2, 0) is 10.2 Å². The average molecular weight is 341 g/mol. The number of aromatic nitrogens is 2. The molecule has 0 bridgehead atoms. The van der Waals surface area contributed by atoms with Crippen LogP contribution in [0.25, 0.3) is 22.6 Å². The summed E-state index contributed by atoms with van der Waals surface area (Å²) in [7, 11) is 0. The largest absolute Gasteiger partial charge is 0.477 e. The van der Waals surface area contributed by atoms with Crippen LogP contribution >= 0.6 is 0 Å². The molecule has 2 atom stereocenters. The summed E-state index contributed by atoms with van der Waals surface area (Å²) in [5, 5.41) is 9.01. The number of pyridine rings is 1. The Balaban J connectivity index is 1.78. The van der Waals surface area contributed by atoms with Crippen LogP contribution in [0.4, 0.5) is 4.39 Å². The van der Waals surface area contributed by atoms with Crippen molar-refractivity contribution in [1.29, 1.82) is 0 Å². The van der Waals surface area contributed by atoms with Crippen LogP contribution < -0.4 is 5.73 Å². The highest BCUT2D eigenvalue weighted by Gasteiger charge is 2.61. The zero-order valence-corrected chi connectivity index (χ0v) is 12.8. The Morgan fingerprint density at radius 2 is 2.08 bits per heavy atom. The van der Waals surface area contributed by atoms with Gasteiger partial charge in [0.1, 0.15) is 22.8 Å². The van der Waals surface area contributed by atoms with Gasteiger partial charge < -0.3 is 15.3 Å². The van der Waals surface area contributed by atoms with Crippen LogP contribution in [0.2, 0.25) is 0 Å². The minimum absolute atomic E-state index is 0.0604. The van der Waals surface area contributed by atoms with E-state index in [9.17, 15) is 14.0 Å². The summed E-state index contributed by atoms with van der Waals surface area (Å²) in [5.41, 5.74) is 5.70. The van der Waals surface area contributed by atoms with Crippen molar-refractivity contribution in [2.24, 2.45) is 5.73 Å². The molecule has 1 aliphatic carbocycles. The number of carbonyl (C=O) groups is 2. The number of amides is 1. The third kappa shape index (κ3) is 2.25. The number of fused-ring (bicyclic) bond motifs is 1. The Morgan fingerprint density at radius 3 is 2.72 bits per heavy atom. The SMILES string of the molecule is NC(=O)[C@@]1(c2ccc3oc(-c4ccnc(C(=O)O)c4)nc3c2)C[C@@H]1F. The van der Waals surface area contributed by atoms with Gasteiger partial charge in [0.2, 0.25) is 11.8 Å². The molecule has 3 aromatic rings. The number of rotatable bonds is 4. The topological polar surface area (TPSA) is 119 Å². The van der Waals surface area contributed by atoms with Crippen LogP contribution in [0.15, 0.2) is 40.9 Å². The summed E-state index contributed by atoms with van der Waals surface area (Å²) in [6, 6.07) is 7.68. The van der Waals surface area contributed by atoms with Crippen molar-refractivity contribution in [1.82, 2.24) is 9.97 Å². The van der Waals surface area contributed by atoms with Crippen LogP contribution in [0.5, 0.6) is 0 Å². The van der Waals surface area contributed by atoms with Gasteiger partial charge in [0.25, 0.3) is 0 Å². The molecule has 3 N–H and O–H groups in total. The first-order valence-corrected chi connectivity index (χ1v) is 7.46. The molecule has 2 aromatic heterocycles. The second kappa shape index (κ2) is 5.10. The molecule has 0 aliphatic heterocycles. The minimum Gasteiger partial charge on any atom is -0.477 e. The van der Waals surface area contributed by atoms with E-state index in [0.29, 0.717) is 22.2 Å². The van der Waals surface area contributed by atoms with E-state index in [1.807, 2.05) is 0 Å². The number of oxazole rings is 1. The molecule has 1 fully saturated rings. The number of benzene rings is 1. The molecule has 1 saturated carbocycles. The number of alkyl halides is 1. The third-order valence-corrected chi connectivity index (χ3v) is 4.44. The second-order valence-electron chi connectivity index (χ2n) is 5.94. The predicted molar refractivity (Wildman–Crippen MR) is 84.6 cm³/mol. The van der Waals surface area contributed by atoms with Crippen molar-refractivity contribution in [3.05, 3.63) is 47.8 Å². The first kappa shape index (κ1) is 15.3. The Bertz CT molecular complexity index is 1030. The van der Waals surface area contributed by atoms with Gasteiger partial charge in [-0.05, 0) is 29.8 Å². The Morgan fingerprint density at radius 1 is 1.32 bits per heavy atom. The normalized spacial score (nSPS) is 22.0. The van der Waals surface area contributed by atoms with E-state index in [-0.39, 0.29) is 18.0 Å². The number of aromatic carboxylic acids is 1. The van der Waals surface area contributed by atoms with Crippen LogP contribution in [0.1, 0.15) is 22.5 Å². The molecule has 0 saturated heterocycles. The number of primary amides is 1. The highest BCUT2D eigenvalue weighted by molar-refractivity contribution is 5.93. The third-order valence-electron chi connectivity index (χ3n) is 4.44. The van der Waals surface area contributed by atoms with E-state index in [1.54, 1.807) is 24.3 Å². The molecule has 0 spiro atoms. The number of carboxylic acids is 1. The van der Waals surface area contributed by atoms with E-state index in [0.717, 1.165) is 0 Å². The number of carbonyl (C=O) groups excluding carboxylic acids is 1. The van der Waals surface area contributed by atoms with Gasteiger partial charge in [-0.3, -0.25) is 4.79 Å². The van der Waals surface area contributed by atoms with Gasteiger partial charge in [0.05, 0.1) is 0 Å². The fourth-order valence-electron chi connectivity index (χ4n) is 2.93. The first-order valence-electron chi connectivity index (χ1n) is 7.46. The molecule has 1 aromatic carbocycles. The summed E-state index contributed by atoms with van der Waals surface area (Å²) in [6.07, 6.45) is 0.108. The standard InChI is InChI=1S/C17H12FN3O4/c18-13-7-17(13,16(19)24)9-1-2-12-10(6-9)21-14(25-12)8-3-4-20-11(5-8)15(22)23/h1-6,13H,7H2,(H2,19,24)(H,22,23)/t13-,17+/m0/s1. The van der Waals surface area contributed by atoms with Gasteiger partial charge >= 0.3 is 5.97 Å². The maximum absolute atomic E-state index is 13.8. The van der Waals surface area contributed by atoms with Crippen molar-refractivity contribution in [3.8, 4) is 11.5 Å². The number of halogens is 1. The monoisotopic (exact) mass is 341 g/mol. The molecule has 126 valence electrons. The number of carboxylic acid groups (broad SMARTS) is 1. The number of hydrogen-bond donors (Lipinski definition) is 2. The zero-order chi connectivity index (χ0) is 17.8. The molecule has 4 rings (SSSR count). The van der Waals surface area contributed by atoms with E-state index in [1.165, 1.54) is 12.3 Å². The molecule has 2 heterocycles. The predicted octanol–water partition coefficient (Wildman–Crippen LogP) is 2.05. The molecular formula is C17H12FN3O4. The summed E-state index contributed by atoms with van der Waals surface area (Å²) >= 11 is 0. The zero-order valence-electron chi connectivity index (χ0n) is 12.8. The summed E-state index contributed by atoms with van der Waals surface area (Å²) < 4.78 is 19.4. The van der Waals surface area contributed by atoms with Crippen LogP contribution in [-0.4, -0.2) is 33.1 Å². The lowest BCUT2D eigenvalue weighted by atomic mass is 9.95. The molecule has 1 amide bonds. The maximum Gasteiger partial charge on any atom is 0.354 e. The second-order valence-corrected chi connectivity index (χ2v) is 5.94. The smallest absolute Gasteiger partial charge is 0.354 e. The van der Waals surface area contributed by atoms with Crippen molar-refractivity contribution < 1.29 is 23.5 Å². The molecule has 25 heavy (non-hydrogen) atoms.